The summed E-state index contributed by atoms with van der Waals surface area (Å²) < 4.78 is 0. The van der Waals surface area contributed by atoms with E-state index in [9.17, 15) is 0 Å². The van der Waals surface area contributed by atoms with Crippen molar-refractivity contribution < 1.29 is 0 Å². The van der Waals surface area contributed by atoms with E-state index < -0.39 is 0 Å². The second kappa shape index (κ2) is 4.72. The lowest BCUT2D eigenvalue weighted by molar-refractivity contribution is 0.777. The normalized spacial score (nSPS) is 10.8. The summed E-state index contributed by atoms with van der Waals surface area (Å²) in [6, 6.07) is 7.50. The molecule has 0 unspecified atom stereocenters. The minimum Gasteiger partial charge on any atom is -0.383 e. The first-order valence-electron chi connectivity index (χ1n) is 5.46. The summed E-state index contributed by atoms with van der Waals surface area (Å²) >= 11 is 5.95. The van der Waals surface area contributed by atoms with Crippen molar-refractivity contribution in [3.63, 3.8) is 0 Å². The molecule has 0 atom stereocenters. The van der Waals surface area contributed by atoms with E-state index in [1.165, 1.54) is 0 Å². The lowest BCUT2D eigenvalue weighted by Crippen LogP contribution is -2.02. The molecule has 1 aromatic heterocycles. The van der Waals surface area contributed by atoms with Crippen LogP contribution in [0.1, 0.15) is 25.6 Å². The molecule has 0 radical (unpaired) electrons. The number of hydrogen-bond donors (Lipinski definition) is 1. The van der Waals surface area contributed by atoms with E-state index in [1.807, 2.05) is 38.1 Å². The number of anilines is 1. The van der Waals surface area contributed by atoms with Crippen LogP contribution in [0, 0.1) is 0 Å². The first kappa shape index (κ1) is 11.9. The Balaban J connectivity index is 2.47. The van der Waals surface area contributed by atoms with E-state index in [2.05, 4.69) is 9.97 Å². The highest BCUT2D eigenvalue weighted by Gasteiger charge is 2.09. The van der Waals surface area contributed by atoms with Crippen molar-refractivity contribution >= 4 is 17.4 Å². The molecule has 0 bridgehead atoms. The SMILES string of the molecule is CC(C)c1ncc(-c2cccc(Cl)c2)c(N)n1. The fraction of sp³-hybridized carbons (Fsp3) is 0.231. The average molecular weight is 248 g/mol. The van der Waals surface area contributed by atoms with Crippen LogP contribution in [0.5, 0.6) is 0 Å². The number of benzene rings is 1. The predicted molar refractivity (Wildman–Crippen MR) is 71.0 cm³/mol. The van der Waals surface area contributed by atoms with Crippen LogP contribution >= 0.6 is 11.6 Å². The van der Waals surface area contributed by atoms with Crippen molar-refractivity contribution in [2.24, 2.45) is 0 Å². The smallest absolute Gasteiger partial charge is 0.135 e. The van der Waals surface area contributed by atoms with Gasteiger partial charge in [-0.3, -0.25) is 0 Å². The molecule has 3 nitrogen and oxygen atoms in total. The quantitative estimate of drug-likeness (QED) is 0.884. The van der Waals surface area contributed by atoms with Crippen LogP contribution < -0.4 is 5.73 Å². The zero-order chi connectivity index (χ0) is 12.4. The van der Waals surface area contributed by atoms with E-state index in [-0.39, 0.29) is 5.92 Å². The molecule has 0 aliphatic carbocycles. The van der Waals surface area contributed by atoms with Crippen molar-refractivity contribution in [2.75, 3.05) is 5.73 Å². The fourth-order valence-corrected chi connectivity index (χ4v) is 1.76. The maximum absolute atomic E-state index is 5.95. The first-order valence-corrected chi connectivity index (χ1v) is 5.84. The van der Waals surface area contributed by atoms with Gasteiger partial charge in [0.2, 0.25) is 0 Å². The summed E-state index contributed by atoms with van der Waals surface area (Å²) in [6.07, 6.45) is 1.75. The molecule has 0 aliphatic rings. The van der Waals surface area contributed by atoms with E-state index in [4.69, 9.17) is 17.3 Å². The average Bonchev–Trinajstić information content (AvgIpc) is 2.28. The molecule has 0 saturated heterocycles. The zero-order valence-electron chi connectivity index (χ0n) is 9.81. The Bertz CT molecular complexity index is 538. The molecule has 0 saturated carbocycles. The van der Waals surface area contributed by atoms with Gasteiger partial charge in [-0.25, -0.2) is 9.97 Å². The van der Waals surface area contributed by atoms with Crippen LogP contribution in [-0.2, 0) is 0 Å². The molecule has 1 aromatic carbocycles. The van der Waals surface area contributed by atoms with Gasteiger partial charge in [-0.2, -0.15) is 0 Å². The first-order chi connectivity index (χ1) is 8.08. The molecule has 17 heavy (non-hydrogen) atoms. The molecule has 4 heteroatoms. The largest absolute Gasteiger partial charge is 0.383 e. The number of nitrogens with zero attached hydrogens (tertiary/aromatic N) is 2. The van der Waals surface area contributed by atoms with Crippen LogP contribution in [0.15, 0.2) is 30.5 Å². The predicted octanol–water partition coefficient (Wildman–Crippen LogP) is 3.50. The fourth-order valence-electron chi connectivity index (χ4n) is 1.57. The second-order valence-electron chi connectivity index (χ2n) is 4.19. The van der Waals surface area contributed by atoms with E-state index in [1.54, 1.807) is 6.20 Å². The summed E-state index contributed by atoms with van der Waals surface area (Å²) in [6.45, 7) is 4.07. The summed E-state index contributed by atoms with van der Waals surface area (Å²) in [5.74, 6) is 1.52. The van der Waals surface area contributed by atoms with E-state index >= 15 is 0 Å². The highest BCUT2D eigenvalue weighted by Crippen LogP contribution is 2.26. The second-order valence-corrected chi connectivity index (χ2v) is 4.63. The van der Waals surface area contributed by atoms with Crippen LogP contribution in [0.4, 0.5) is 5.82 Å². The molecule has 0 spiro atoms. The van der Waals surface area contributed by atoms with Crippen LogP contribution in [-0.4, -0.2) is 9.97 Å². The lowest BCUT2D eigenvalue weighted by atomic mass is 10.1. The van der Waals surface area contributed by atoms with Crippen molar-refractivity contribution in [1.29, 1.82) is 0 Å². The molecule has 2 rings (SSSR count). The summed E-state index contributed by atoms with van der Waals surface area (Å²) in [7, 11) is 0. The van der Waals surface area contributed by atoms with Crippen molar-refractivity contribution in [3.8, 4) is 11.1 Å². The molecular formula is C13H14ClN3. The van der Waals surface area contributed by atoms with Gasteiger partial charge in [0.05, 0.1) is 0 Å². The monoisotopic (exact) mass is 247 g/mol. The molecule has 0 aliphatic heterocycles. The zero-order valence-corrected chi connectivity index (χ0v) is 10.6. The van der Waals surface area contributed by atoms with Gasteiger partial charge in [0.25, 0.3) is 0 Å². The molecule has 88 valence electrons. The highest BCUT2D eigenvalue weighted by atomic mass is 35.5. The Morgan fingerprint density at radius 3 is 2.65 bits per heavy atom. The van der Waals surface area contributed by atoms with Crippen molar-refractivity contribution in [2.45, 2.75) is 19.8 Å². The summed E-state index contributed by atoms with van der Waals surface area (Å²) in [5.41, 5.74) is 7.70. The number of aromatic nitrogens is 2. The number of nitrogens with two attached hydrogens (primary N) is 1. The van der Waals surface area contributed by atoms with Gasteiger partial charge in [0.15, 0.2) is 0 Å². The topological polar surface area (TPSA) is 51.8 Å². The molecule has 2 aromatic rings. The maximum atomic E-state index is 5.95. The molecular weight excluding hydrogens is 234 g/mol. The lowest BCUT2D eigenvalue weighted by Gasteiger charge is -2.08. The Kier molecular flexibility index (Phi) is 3.29. The summed E-state index contributed by atoms with van der Waals surface area (Å²) in [5, 5.41) is 0.676. The summed E-state index contributed by atoms with van der Waals surface area (Å²) in [4.78, 5) is 8.61. The number of halogens is 1. The Morgan fingerprint density at radius 2 is 2.06 bits per heavy atom. The Hall–Kier alpha value is -1.61. The van der Waals surface area contributed by atoms with E-state index in [0.717, 1.165) is 17.0 Å². The standard InChI is InChI=1S/C13H14ClN3/c1-8(2)13-16-7-11(12(15)17-13)9-4-3-5-10(14)6-9/h3-8H,1-2H3,(H2,15,16,17). The number of rotatable bonds is 2. The minimum atomic E-state index is 0.269. The number of nitrogen functional groups attached to an aromatic ring is 1. The third kappa shape index (κ3) is 2.56. The van der Waals surface area contributed by atoms with Crippen molar-refractivity contribution in [1.82, 2.24) is 9.97 Å². The molecule has 1 heterocycles. The Morgan fingerprint density at radius 1 is 1.29 bits per heavy atom. The van der Waals surface area contributed by atoms with Gasteiger partial charge in [0, 0.05) is 22.7 Å². The van der Waals surface area contributed by atoms with E-state index in [0.29, 0.717) is 10.8 Å². The van der Waals surface area contributed by atoms with Crippen LogP contribution in [0.2, 0.25) is 5.02 Å². The Labute approximate surface area is 106 Å². The third-order valence-electron chi connectivity index (χ3n) is 2.49. The van der Waals surface area contributed by atoms with Gasteiger partial charge in [-0.15, -0.1) is 0 Å². The molecule has 2 N–H and O–H groups in total. The van der Waals surface area contributed by atoms with Crippen molar-refractivity contribution in [3.05, 3.63) is 41.3 Å². The minimum absolute atomic E-state index is 0.269. The molecule has 0 amide bonds. The van der Waals surface area contributed by atoms with Gasteiger partial charge >= 0.3 is 0 Å². The van der Waals surface area contributed by atoms with Gasteiger partial charge in [-0.1, -0.05) is 37.6 Å². The maximum Gasteiger partial charge on any atom is 0.135 e. The third-order valence-corrected chi connectivity index (χ3v) is 2.72. The van der Waals surface area contributed by atoms with Crippen LogP contribution in [0.25, 0.3) is 11.1 Å². The van der Waals surface area contributed by atoms with Gasteiger partial charge in [0.1, 0.15) is 11.6 Å². The highest BCUT2D eigenvalue weighted by molar-refractivity contribution is 6.30. The molecule has 0 fully saturated rings. The van der Waals surface area contributed by atoms with Gasteiger partial charge in [-0.05, 0) is 17.7 Å². The number of hydrogen-bond acceptors (Lipinski definition) is 3. The van der Waals surface area contributed by atoms with Gasteiger partial charge < -0.3 is 5.73 Å². The van der Waals surface area contributed by atoms with Crippen LogP contribution in [0.3, 0.4) is 0 Å².